The van der Waals surface area contributed by atoms with Crippen molar-refractivity contribution in [2.24, 2.45) is 4.99 Å². The highest BCUT2D eigenvalue weighted by molar-refractivity contribution is 6.30. The van der Waals surface area contributed by atoms with Crippen LogP contribution >= 0.6 is 11.6 Å². The van der Waals surface area contributed by atoms with Gasteiger partial charge in [-0.3, -0.25) is 0 Å². The van der Waals surface area contributed by atoms with Crippen LogP contribution in [0.2, 0.25) is 5.02 Å². The van der Waals surface area contributed by atoms with Gasteiger partial charge in [-0.2, -0.15) is 5.10 Å². The minimum absolute atomic E-state index is 0.135. The number of benzene rings is 2. The van der Waals surface area contributed by atoms with Crippen LogP contribution in [0.25, 0.3) is 5.69 Å². The lowest BCUT2D eigenvalue weighted by Gasteiger charge is -2.03. The van der Waals surface area contributed by atoms with Crippen LogP contribution in [0.4, 0.5) is 5.82 Å². The van der Waals surface area contributed by atoms with Crippen LogP contribution < -0.4 is 0 Å². The third-order valence-electron chi connectivity index (χ3n) is 3.14. The fraction of sp³-hybridized carbons (Fsp3) is 0.0588. The van der Waals surface area contributed by atoms with Gasteiger partial charge >= 0.3 is 0 Å². The number of rotatable bonds is 3. The summed E-state index contributed by atoms with van der Waals surface area (Å²) in [5.41, 5.74) is 2.36. The normalized spacial score (nSPS) is 11.2. The average molecular weight is 312 g/mol. The maximum absolute atomic E-state index is 9.83. The maximum atomic E-state index is 9.83. The van der Waals surface area contributed by atoms with Gasteiger partial charge in [0.15, 0.2) is 5.82 Å². The van der Waals surface area contributed by atoms with Gasteiger partial charge < -0.3 is 5.11 Å². The topological polar surface area (TPSA) is 50.4 Å². The first-order valence-electron chi connectivity index (χ1n) is 6.78. The Morgan fingerprint density at radius 1 is 1.14 bits per heavy atom. The van der Waals surface area contributed by atoms with Gasteiger partial charge in [-0.25, -0.2) is 9.67 Å². The molecule has 0 fully saturated rings. The van der Waals surface area contributed by atoms with Crippen LogP contribution in [-0.2, 0) is 0 Å². The summed E-state index contributed by atoms with van der Waals surface area (Å²) in [5, 5.41) is 14.8. The Morgan fingerprint density at radius 2 is 1.91 bits per heavy atom. The molecule has 0 aliphatic rings. The lowest BCUT2D eigenvalue weighted by molar-refractivity contribution is 0.474. The van der Waals surface area contributed by atoms with Gasteiger partial charge in [0, 0.05) is 22.9 Å². The van der Waals surface area contributed by atoms with Gasteiger partial charge in [0.2, 0.25) is 0 Å². The second-order valence-electron chi connectivity index (χ2n) is 4.85. The zero-order valence-electron chi connectivity index (χ0n) is 11.9. The molecule has 0 spiro atoms. The lowest BCUT2D eigenvalue weighted by atomic mass is 10.2. The van der Waals surface area contributed by atoms with E-state index in [1.54, 1.807) is 29.1 Å². The fourth-order valence-electron chi connectivity index (χ4n) is 2.10. The molecule has 0 radical (unpaired) electrons. The fourth-order valence-corrected chi connectivity index (χ4v) is 2.28. The number of nitrogens with zero attached hydrogens (tertiary/aromatic N) is 3. The summed E-state index contributed by atoms with van der Waals surface area (Å²) in [6.45, 7) is 1.91. The molecule has 0 atom stereocenters. The second kappa shape index (κ2) is 6.03. The van der Waals surface area contributed by atoms with E-state index in [0.717, 1.165) is 11.4 Å². The smallest absolute Gasteiger partial charge is 0.155 e. The molecule has 0 aliphatic heterocycles. The molecule has 3 aromatic rings. The van der Waals surface area contributed by atoms with E-state index in [2.05, 4.69) is 10.1 Å². The molecule has 0 bridgehead atoms. The van der Waals surface area contributed by atoms with Gasteiger partial charge in [0.25, 0.3) is 0 Å². The lowest BCUT2D eigenvalue weighted by Crippen LogP contribution is -1.96. The van der Waals surface area contributed by atoms with E-state index in [0.29, 0.717) is 16.4 Å². The molecule has 0 saturated heterocycles. The number of hydrogen-bond donors (Lipinski definition) is 1. The number of phenols is 1. The van der Waals surface area contributed by atoms with E-state index in [1.807, 2.05) is 43.3 Å². The summed E-state index contributed by atoms with van der Waals surface area (Å²) in [7, 11) is 0. The molecule has 5 heteroatoms. The van der Waals surface area contributed by atoms with Crippen molar-refractivity contribution in [1.82, 2.24) is 9.78 Å². The largest absolute Gasteiger partial charge is 0.507 e. The Hall–Kier alpha value is -2.59. The number of aromatic hydroxyl groups is 1. The van der Waals surface area contributed by atoms with Crippen molar-refractivity contribution in [3.05, 3.63) is 70.9 Å². The van der Waals surface area contributed by atoms with Crippen molar-refractivity contribution < 1.29 is 5.11 Å². The van der Waals surface area contributed by atoms with Crippen molar-refractivity contribution in [2.45, 2.75) is 6.92 Å². The Bertz CT molecular complexity index is 825. The van der Waals surface area contributed by atoms with E-state index in [9.17, 15) is 5.11 Å². The van der Waals surface area contributed by atoms with Crippen LogP contribution in [0.1, 0.15) is 11.3 Å². The average Bonchev–Trinajstić information content (AvgIpc) is 2.90. The van der Waals surface area contributed by atoms with Crippen molar-refractivity contribution in [3.63, 3.8) is 0 Å². The van der Waals surface area contributed by atoms with E-state index in [-0.39, 0.29) is 5.75 Å². The monoisotopic (exact) mass is 311 g/mol. The Balaban J connectivity index is 1.99. The third kappa shape index (κ3) is 3.02. The highest BCUT2D eigenvalue weighted by Crippen LogP contribution is 2.23. The van der Waals surface area contributed by atoms with Crippen molar-refractivity contribution >= 4 is 23.6 Å². The van der Waals surface area contributed by atoms with Crippen LogP contribution in [0.3, 0.4) is 0 Å². The zero-order valence-corrected chi connectivity index (χ0v) is 12.7. The van der Waals surface area contributed by atoms with E-state index in [1.165, 1.54) is 0 Å². The highest BCUT2D eigenvalue weighted by atomic mass is 35.5. The molecule has 22 heavy (non-hydrogen) atoms. The first-order chi connectivity index (χ1) is 10.6. The van der Waals surface area contributed by atoms with Crippen LogP contribution in [-0.4, -0.2) is 21.1 Å². The summed E-state index contributed by atoms with van der Waals surface area (Å²) in [5.74, 6) is 0.818. The number of aromatic nitrogens is 2. The molecule has 2 aromatic carbocycles. The maximum Gasteiger partial charge on any atom is 0.155 e. The molecule has 110 valence electrons. The van der Waals surface area contributed by atoms with Crippen LogP contribution in [0.5, 0.6) is 5.75 Å². The number of halogens is 1. The Morgan fingerprint density at radius 3 is 2.68 bits per heavy atom. The molecule has 4 nitrogen and oxygen atoms in total. The number of hydrogen-bond acceptors (Lipinski definition) is 3. The SMILES string of the molecule is Cc1cc(/N=C/c2cc(Cl)ccc2O)n(-c2ccccc2)n1. The summed E-state index contributed by atoms with van der Waals surface area (Å²) >= 11 is 5.94. The van der Waals surface area contributed by atoms with E-state index in [4.69, 9.17) is 11.6 Å². The first-order valence-corrected chi connectivity index (χ1v) is 7.16. The summed E-state index contributed by atoms with van der Waals surface area (Å²) in [6.07, 6.45) is 1.58. The Kier molecular flexibility index (Phi) is 3.94. The van der Waals surface area contributed by atoms with Crippen molar-refractivity contribution in [3.8, 4) is 11.4 Å². The van der Waals surface area contributed by atoms with Crippen molar-refractivity contribution in [2.75, 3.05) is 0 Å². The molecule has 1 heterocycles. The Labute approximate surface area is 133 Å². The first kappa shape index (κ1) is 14.4. The van der Waals surface area contributed by atoms with Gasteiger partial charge in [0.05, 0.1) is 11.4 Å². The number of aliphatic imine (C=N–C) groups is 1. The number of para-hydroxylation sites is 1. The molecular weight excluding hydrogens is 298 g/mol. The summed E-state index contributed by atoms with van der Waals surface area (Å²) in [6, 6.07) is 16.5. The van der Waals surface area contributed by atoms with Gasteiger partial charge in [-0.1, -0.05) is 29.8 Å². The quantitative estimate of drug-likeness (QED) is 0.734. The van der Waals surface area contributed by atoms with Gasteiger partial charge in [-0.15, -0.1) is 0 Å². The predicted molar refractivity (Wildman–Crippen MR) is 88.7 cm³/mol. The molecule has 0 aliphatic carbocycles. The molecule has 0 unspecified atom stereocenters. The molecule has 1 N–H and O–H groups in total. The minimum Gasteiger partial charge on any atom is -0.507 e. The highest BCUT2D eigenvalue weighted by Gasteiger charge is 2.06. The van der Waals surface area contributed by atoms with E-state index < -0.39 is 0 Å². The summed E-state index contributed by atoms with van der Waals surface area (Å²) in [4.78, 5) is 4.43. The molecule has 3 rings (SSSR count). The van der Waals surface area contributed by atoms with Gasteiger partial charge in [-0.05, 0) is 37.3 Å². The second-order valence-corrected chi connectivity index (χ2v) is 5.29. The number of phenolic OH excluding ortho intramolecular Hbond substituents is 1. The number of aryl methyl sites for hydroxylation is 1. The molecule has 0 amide bonds. The van der Waals surface area contributed by atoms with Gasteiger partial charge in [0.1, 0.15) is 5.75 Å². The minimum atomic E-state index is 0.135. The molecular formula is C17H14ClN3O. The van der Waals surface area contributed by atoms with E-state index >= 15 is 0 Å². The zero-order chi connectivity index (χ0) is 15.5. The molecule has 1 aromatic heterocycles. The van der Waals surface area contributed by atoms with Crippen LogP contribution in [0, 0.1) is 6.92 Å². The summed E-state index contributed by atoms with van der Waals surface area (Å²) < 4.78 is 1.76. The van der Waals surface area contributed by atoms with Crippen LogP contribution in [0.15, 0.2) is 59.6 Å². The molecule has 0 saturated carbocycles. The van der Waals surface area contributed by atoms with Crippen molar-refractivity contribution in [1.29, 1.82) is 0 Å². The predicted octanol–water partition coefficient (Wildman–Crippen LogP) is 4.29. The standard InChI is InChI=1S/C17H14ClN3O/c1-12-9-17(21(20-12)15-5-3-2-4-6-15)19-11-13-10-14(18)7-8-16(13)22/h2-11,22H,1H3/b19-11+. The third-order valence-corrected chi connectivity index (χ3v) is 3.37.